The second-order valence-corrected chi connectivity index (χ2v) is 9.23. The summed E-state index contributed by atoms with van der Waals surface area (Å²) in [5.41, 5.74) is -0.489. The zero-order valence-electron chi connectivity index (χ0n) is 15.9. The van der Waals surface area contributed by atoms with E-state index in [1.165, 1.54) is 0 Å². The summed E-state index contributed by atoms with van der Waals surface area (Å²) in [6.07, 6.45) is -8.75. The van der Waals surface area contributed by atoms with Crippen LogP contribution >= 0.6 is 0 Å². The first-order chi connectivity index (χ1) is 14.8. The van der Waals surface area contributed by atoms with Gasteiger partial charge in [0.15, 0.2) is 9.84 Å². The molecule has 2 aromatic rings. The van der Waals surface area contributed by atoms with Crippen LogP contribution in [0.1, 0.15) is 29.2 Å². The monoisotopic (exact) mass is 483 g/mol. The number of carbonyl (C=O) groups excluding carboxylic acids is 1. The summed E-state index contributed by atoms with van der Waals surface area (Å²) < 4.78 is 104. The van der Waals surface area contributed by atoms with Crippen LogP contribution in [0, 0.1) is 5.92 Å². The molecule has 7 nitrogen and oxygen atoms in total. The summed E-state index contributed by atoms with van der Waals surface area (Å²) in [5.74, 6) is -3.28. The van der Waals surface area contributed by atoms with Crippen LogP contribution in [-0.2, 0) is 16.0 Å². The fourth-order valence-electron chi connectivity index (χ4n) is 3.08. The smallest absolute Gasteiger partial charge is 0.406 e. The number of nitrogens with zero attached hydrogens (tertiary/aromatic N) is 2. The van der Waals surface area contributed by atoms with E-state index in [4.69, 9.17) is 0 Å². The van der Waals surface area contributed by atoms with Crippen molar-refractivity contribution in [1.82, 2.24) is 15.3 Å². The van der Waals surface area contributed by atoms with Gasteiger partial charge >= 0.3 is 12.5 Å². The van der Waals surface area contributed by atoms with E-state index >= 15 is 0 Å². The van der Waals surface area contributed by atoms with Crippen LogP contribution in [0.2, 0.25) is 0 Å². The topological polar surface area (TPSA) is 98.2 Å². The molecule has 14 heteroatoms. The Morgan fingerprint density at radius 1 is 1.12 bits per heavy atom. The molecule has 1 saturated carbocycles. The lowest BCUT2D eigenvalue weighted by Crippen LogP contribution is -2.42. The van der Waals surface area contributed by atoms with Gasteiger partial charge in [-0.05, 0) is 43.0 Å². The first-order valence-corrected chi connectivity index (χ1v) is 10.6. The second-order valence-electron chi connectivity index (χ2n) is 7.00. The molecule has 1 aromatic carbocycles. The van der Waals surface area contributed by atoms with E-state index in [9.17, 15) is 39.6 Å². The Hall–Kier alpha value is -2.90. The van der Waals surface area contributed by atoms with Gasteiger partial charge in [-0.15, -0.1) is 13.2 Å². The Labute approximate surface area is 177 Å². The summed E-state index contributed by atoms with van der Waals surface area (Å²) in [4.78, 5) is 17.9. The SMILES string of the molecule is O=C(NCC1CC(S(=O)(=O)c2cccc(OC(F)(F)F)c2)C1)c1ccnc(C(F)(F)F)n1. The van der Waals surface area contributed by atoms with E-state index in [1.807, 2.05) is 0 Å². The number of amides is 1. The third-order valence-corrected chi connectivity index (χ3v) is 6.87. The van der Waals surface area contributed by atoms with Crippen molar-refractivity contribution in [1.29, 1.82) is 0 Å². The molecule has 1 amide bonds. The molecule has 0 aliphatic heterocycles. The van der Waals surface area contributed by atoms with Crippen LogP contribution < -0.4 is 10.1 Å². The Balaban J connectivity index is 1.56. The molecule has 0 atom stereocenters. The molecule has 3 rings (SSSR count). The summed E-state index contributed by atoms with van der Waals surface area (Å²) in [6.45, 7) is -0.00652. The normalized spacial score (nSPS) is 19.2. The zero-order chi connectivity index (χ0) is 23.7. The van der Waals surface area contributed by atoms with Crippen LogP contribution in [0.15, 0.2) is 41.4 Å². The molecule has 1 aliphatic carbocycles. The number of carbonyl (C=O) groups is 1. The molecule has 32 heavy (non-hydrogen) atoms. The maximum Gasteiger partial charge on any atom is 0.573 e. The van der Waals surface area contributed by atoms with Crippen LogP contribution in [0.3, 0.4) is 0 Å². The molecule has 1 fully saturated rings. The van der Waals surface area contributed by atoms with E-state index in [-0.39, 0.29) is 30.2 Å². The van der Waals surface area contributed by atoms with Crippen LogP contribution in [0.5, 0.6) is 5.75 Å². The standard InChI is InChI=1S/C18H15F6N3O4S/c19-17(20,21)16-25-5-4-14(27-16)15(28)26-9-10-6-13(7-10)32(29,30)12-3-1-2-11(8-12)31-18(22,23)24/h1-5,8,10,13H,6-7,9H2,(H,26,28). The van der Waals surface area contributed by atoms with Crippen molar-refractivity contribution < 1.29 is 44.3 Å². The number of benzene rings is 1. The largest absolute Gasteiger partial charge is 0.573 e. The summed E-state index contributed by atoms with van der Waals surface area (Å²) in [6, 6.07) is 5.05. The Kier molecular flexibility index (Phi) is 6.36. The highest BCUT2D eigenvalue weighted by atomic mass is 32.2. The molecule has 0 spiro atoms. The Bertz CT molecular complexity index is 1100. The van der Waals surface area contributed by atoms with E-state index < -0.39 is 50.8 Å². The van der Waals surface area contributed by atoms with Gasteiger partial charge in [0.2, 0.25) is 5.82 Å². The predicted molar refractivity (Wildman–Crippen MR) is 96.2 cm³/mol. The second kappa shape index (κ2) is 8.56. The fraction of sp³-hybridized carbons (Fsp3) is 0.389. The highest BCUT2D eigenvalue weighted by Crippen LogP contribution is 2.37. The highest BCUT2D eigenvalue weighted by Gasteiger charge is 2.40. The van der Waals surface area contributed by atoms with E-state index in [1.54, 1.807) is 0 Å². The van der Waals surface area contributed by atoms with Gasteiger partial charge in [0.1, 0.15) is 11.4 Å². The van der Waals surface area contributed by atoms with Gasteiger partial charge in [-0.25, -0.2) is 18.4 Å². The molecule has 174 valence electrons. The first-order valence-electron chi connectivity index (χ1n) is 9.04. The van der Waals surface area contributed by atoms with Gasteiger partial charge < -0.3 is 10.1 Å². The van der Waals surface area contributed by atoms with Gasteiger partial charge in [-0.2, -0.15) is 13.2 Å². The fourth-order valence-corrected chi connectivity index (χ4v) is 5.07. The Morgan fingerprint density at radius 3 is 2.44 bits per heavy atom. The minimum absolute atomic E-state index is 0.00652. The van der Waals surface area contributed by atoms with Gasteiger partial charge in [-0.1, -0.05) is 6.07 Å². The minimum atomic E-state index is -4.97. The van der Waals surface area contributed by atoms with E-state index in [2.05, 4.69) is 20.0 Å². The van der Waals surface area contributed by atoms with Crippen molar-refractivity contribution in [2.45, 2.75) is 35.5 Å². The molecular formula is C18H15F6N3O4S. The van der Waals surface area contributed by atoms with Crippen LogP contribution in [0.25, 0.3) is 0 Å². The third-order valence-electron chi connectivity index (χ3n) is 4.69. The molecule has 0 radical (unpaired) electrons. The van der Waals surface area contributed by atoms with E-state index in [0.29, 0.717) is 0 Å². The quantitative estimate of drug-likeness (QED) is 0.633. The molecule has 1 heterocycles. The van der Waals surface area contributed by atoms with Crippen molar-refractivity contribution in [2.75, 3.05) is 6.54 Å². The van der Waals surface area contributed by atoms with Crippen molar-refractivity contribution in [2.24, 2.45) is 5.92 Å². The average Bonchev–Trinajstić information content (AvgIpc) is 2.64. The number of hydrogen-bond acceptors (Lipinski definition) is 6. The average molecular weight is 483 g/mol. The van der Waals surface area contributed by atoms with Crippen molar-refractivity contribution >= 4 is 15.7 Å². The number of aromatic nitrogens is 2. The first kappa shape index (κ1) is 23.8. The minimum Gasteiger partial charge on any atom is -0.406 e. The van der Waals surface area contributed by atoms with Gasteiger partial charge in [-0.3, -0.25) is 4.79 Å². The maximum absolute atomic E-state index is 12.6. The van der Waals surface area contributed by atoms with Crippen LogP contribution in [0.4, 0.5) is 26.3 Å². The van der Waals surface area contributed by atoms with Crippen molar-refractivity contribution in [3.63, 3.8) is 0 Å². The number of nitrogens with one attached hydrogen (secondary N) is 1. The zero-order valence-corrected chi connectivity index (χ0v) is 16.8. The number of halogens is 6. The van der Waals surface area contributed by atoms with Gasteiger partial charge in [0.05, 0.1) is 10.1 Å². The molecular weight excluding hydrogens is 468 g/mol. The van der Waals surface area contributed by atoms with E-state index in [0.717, 1.165) is 36.5 Å². The molecule has 1 aromatic heterocycles. The number of alkyl halides is 6. The number of sulfone groups is 1. The molecule has 1 N–H and O–H groups in total. The van der Waals surface area contributed by atoms with Gasteiger partial charge in [0.25, 0.3) is 5.91 Å². The highest BCUT2D eigenvalue weighted by molar-refractivity contribution is 7.92. The van der Waals surface area contributed by atoms with Gasteiger partial charge in [0, 0.05) is 12.7 Å². The third kappa shape index (κ3) is 5.66. The summed E-state index contributed by atoms with van der Waals surface area (Å²) >= 11 is 0. The number of hydrogen-bond donors (Lipinski definition) is 1. The Morgan fingerprint density at radius 2 is 1.81 bits per heavy atom. The molecule has 1 aliphatic rings. The lowest BCUT2D eigenvalue weighted by molar-refractivity contribution is -0.274. The number of rotatable bonds is 6. The summed E-state index contributed by atoms with van der Waals surface area (Å²) in [5, 5.41) is 1.52. The maximum atomic E-state index is 12.6. The lowest BCUT2D eigenvalue weighted by atomic mass is 9.85. The van der Waals surface area contributed by atoms with Crippen LogP contribution in [-0.4, -0.2) is 42.4 Å². The van der Waals surface area contributed by atoms with Crippen molar-refractivity contribution in [3.05, 3.63) is 48.0 Å². The lowest BCUT2D eigenvalue weighted by Gasteiger charge is -2.34. The molecule has 0 bridgehead atoms. The summed E-state index contributed by atoms with van der Waals surface area (Å²) in [7, 11) is -3.93. The van der Waals surface area contributed by atoms with Crippen molar-refractivity contribution in [3.8, 4) is 5.75 Å². The molecule has 0 saturated heterocycles. The molecule has 0 unspecified atom stereocenters. The predicted octanol–water partition coefficient (Wildman–Crippen LogP) is 3.38. The number of ether oxygens (including phenoxy) is 1.